The second kappa shape index (κ2) is 10.7. The summed E-state index contributed by atoms with van der Waals surface area (Å²) in [5.74, 6) is 2.19. The molecule has 1 aliphatic carbocycles. The molecule has 30 heavy (non-hydrogen) atoms. The average molecular weight is 436 g/mol. The highest BCUT2D eigenvalue weighted by atomic mass is 32.2. The molecule has 3 atom stereocenters. The fraction of sp³-hybridized carbons (Fsp3) is 0.727. The molecule has 168 valence electrons. The molecular weight excluding hydrogens is 398 g/mol. The summed E-state index contributed by atoms with van der Waals surface area (Å²) < 4.78 is 21.0. The molecule has 2 heterocycles. The normalized spacial score (nSPS) is 22.1. The zero-order valence-corrected chi connectivity index (χ0v) is 19.8. The van der Waals surface area contributed by atoms with Crippen LogP contribution in [0.15, 0.2) is 18.6 Å². The van der Waals surface area contributed by atoms with E-state index in [1.54, 1.807) is 13.4 Å². The second-order valence-corrected chi connectivity index (χ2v) is 9.94. The predicted molar refractivity (Wildman–Crippen MR) is 124 cm³/mol. The number of nitrogens with one attached hydrogen (secondary N) is 1. The van der Waals surface area contributed by atoms with Crippen LogP contribution in [0, 0.1) is 5.92 Å². The maximum absolute atomic E-state index is 13.4. The van der Waals surface area contributed by atoms with Gasteiger partial charge in [0.1, 0.15) is 17.8 Å². The Morgan fingerprint density at radius 2 is 2.10 bits per heavy atom. The van der Waals surface area contributed by atoms with Gasteiger partial charge in [-0.25, -0.2) is 18.5 Å². The van der Waals surface area contributed by atoms with Gasteiger partial charge in [0, 0.05) is 44.2 Å². The number of aromatic amines is 1. The summed E-state index contributed by atoms with van der Waals surface area (Å²) in [6.07, 6.45) is 8.82. The van der Waals surface area contributed by atoms with Crippen LogP contribution in [0.1, 0.15) is 52.9 Å². The molecular formula is C22H37N5O2S. The predicted octanol–water partition coefficient (Wildman–Crippen LogP) is 3.75. The first kappa shape index (κ1) is 23.2. The maximum atomic E-state index is 13.4. The fourth-order valence-corrected chi connectivity index (χ4v) is 6.54. The number of hydrogen-bond acceptors (Lipinski definition) is 5. The van der Waals surface area contributed by atoms with Gasteiger partial charge in [0.05, 0.1) is 23.0 Å². The van der Waals surface area contributed by atoms with Crippen molar-refractivity contribution in [3.63, 3.8) is 0 Å². The SMILES string of the molecule is CCC[C@@H](CC)N(C(C)COC)S(=O)CC1CC(N(C)c2ncnc3[nH]ccc23)C1. The first-order chi connectivity index (χ1) is 14.5. The van der Waals surface area contributed by atoms with Gasteiger partial charge in [-0.3, -0.25) is 0 Å². The van der Waals surface area contributed by atoms with E-state index in [4.69, 9.17) is 4.74 Å². The highest BCUT2D eigenvalue weighted by Crippen LogP contribution is 2.36. The van der Waals surface area contributed by atoms with Crippen molar-refractivity contribution < 1.29 is 8.95 Å². The summed E-state index contributed by atoms with van der Waals surface area (Å²) in [7, 11) is 2.84. The van der Waals surface area contributed by atoms with Crippen LogP contribution < -0.4 is 4.90 Å². The third-order valence-electron chi connectivity index (χ3n) is 6.33. The van der Waals surface area contributed by atoms with Crippen LogP contribution in [-0.4, -0.2) is 68.1 Å². The van der Waals surface area contributed by atoms with Crippen LogP contribution in [0.2, 0.25) is 0 Å². The van der Waals surface area contributed by atoms with Gasteiger partial charge in [-0.1, -0.05) is 20.3 Å². The van der Waals surface area contributed by atoms with Crippen LogP contribution in [0.5, 0.6) is 0 Å². The lowest BCUT2D eigenvalue weighted by atomic mass is 9.81. The van der Waals surface area contributed by atoms with E-state index in [0.717, 1.165) is 54.7 Å². The Bertz CT molecular complexity index is 823. The molecule has 1 aliphatic rings. The number of ether oxygens (including phenoxy) is 1. The lowest BCUT2D eigenvalue weighted by Crippen LogP contribution is -2.49. The van der Waals surface area contributed by atoms with E-state index in [9.17, 15) is 4.21 Å². The van der Waals surface area contributed by atoms with Gasteiger partial charge in [0.2, 0.25) is 0 Å². The topological polar surface area (TPSA) is 74.3 Å². The van der Waals surface area contributed by atoms with Crippen molar-refractivity contribution in [1.82, 2.24) is 19.3 Å². The number of anilines is 1. The van der Waals surface area contributed by atoms with Gasteiger partial charge < -0.3 is 14.6 Å². The highest BCUT2D eigenvalue weighted by Gasteiger charge is 2.37. The number of nitrogens with zero attached hydrogens (tertiary/aromatic N) is 4. The van der Waals surface area contributed by atoms with Gasteiger partial charge in [-0.2, -0.15) is 0 Å². The third kappa shape index (κ3) is 5.03. The molecule has 3 rings (SSSR count). The van der Waals surface area contributed by atoms with E-state index < -0.39 is 11.0 Å². The first-order valence-corrected chi connectivity index (χ1v) is 12.4. The zero-order valence-electron chi connectivity index (χ0n) is 19.0. The van der Waals surface area contributed by atoms with Gasteiger partial charge in [-0.05, 0) is 44.6 Å². The molecule has 0 radical (unpaired) electrons. The minimum atomic E-state index is -0.984. The van der Waals surface area contributed by atoms with Crippen molar-refractivity contribution in [1.29, 1.82) is 0 Å². The number of hydrogen-bond donors (Lipinski definition) is 1. The summed E-state index contributed by atoms with van der Waals surface area (Å²) in [4.78, 5) is 14.2. The molecule has 1 fully saturated rings. The molecule has 1 N–H and O–H groups in total. The molecule has 0 aromatic carbocycles. The Hall–Kier alpha value is -1.51. The number of methoxy groups -OCH3 is 1. The maximum Gasteiger partial charge on any atom is 0.142 e. The molecule has 0 spiro atoms. The van der Waals surface area contributed by atoms with Crippen molar-refractivity contribution in [2.45, 2.75) is 71.0 Å². The number of rotatable bonds is 12. The highest BCUT2D eigenvalue weighted by molar-refractivity contribution is 7.82. The Morgan fingerprint density at radius 3 is 2.77 bits per heavy atom. The van der Waals surface area contributed by atoms with E-state index in [0.29, 0.717) is 24.6 Å². The third-order valence-corrected chi connectivity index (χ3v) is 8.22. The number of fused-ring (bicyclic) bond motifs is 1. The first-order valence-electron chi connectivity index (χ1n) is 11.2. The standard InChI is InChI=1S/C22H37N5O2S/c1-6-8-18(7-2)27(16(3)13-29-5)30(28)14-17-11-19(12-17)26(4)22-20-9-10-23-21(20)24-15-25-22/h9-10,15-19H,6-8,11-14H2,1-5H3,(H,23,24,25)/t16?,17?,18-,19?,30?/m1/s1. The Balaban J connectivity index is 1.60. The molecule has 8 heteroatoms. The van der Waals surface area contributed by atoms with Crippen molar-refractivity contribution in [3.05, 3.63) is 18.6 Å². The van der Waals surface area contributed by atoms with Crippen LogP contribution in [0.25, 0.3) is 11.0 Å². The smallest absolute Gasteiger partial charge is 0.142 e. The van der Waals surface area contributed by atoms with Crippen molar-refractivity contribution in [2.75, 3.05) is 31.4 Å². The van der Waals surface area contributed by atoms with Crippen LogP contribution >= 0.6 is 0 Å². The van der Waals surface area contributed by atoms with E-state index in [-0.39, 0.29) is 6.04 Å². The molecule has 0 saturated heterocycles. The minimum Gasteiger partial charge on any atom is -0.383 e. The van der Waals surface area contributed by atoms with Gasteiger partial charge in [0.15, 0.2) is 0 Å². The summed E-state index contributed by atoms with van der Waals surface area (Å²) >= 11 is 0. The monoisotopic (exact) mass is 435 g/mol. The molecule has 1 saturated carbocycles. The van der Waals surface area contributed by atoms with Crippen molar-refractivity contribution in [3.8, 4) is 0 Å². The molecule has 0 bridgehead atoms. The summed E-state index contributed by atoms with van der Waals surface area (Å²) in [5, 5.41) is 1.05. The average Bonchev–Trinajstić information content (AvgIpc) is 3.18. The van der Waals surface area contributed by atoms with Gasteiger partial charge >= 0.3 is 0 Å². The quantitative estimate of drug-likeness (QED) is 0.550. The van der Waals surface area contributed by atoms with Gasteiger partial charge in [0.25, 0.3) is 0 Å². The molecule has 7 nitrogen and oxygen atoms in total. The van der Waals surface area contributed by atoms with E-state index in [1.807, 2.05) is 12.3 Å². The lowest BCUT2D eigenvalue weighted by Gasteiger charge is -2.43. The van der Waals surface area contributed by atoms with E-state index in [1.165, 1.54) is 0 Å². The zero-order chi connectivity index (χ0) is 21.7. The van der Waals surface area contributed by atoms with Gasteiger partial charge in [-0.15, -0.1) is 0 Å². The largest absolute Gasteiger partial charge is 0.383 e. The molecule has 2 aromatic heterocycles. The van der Waals surface area contributed by atoms with E-state index in [2.05, 4.69) is 52.0 Å². The Labute approximate surface area is 183 Å². The Kier molecular flexibility index (Phi) is 8.25. The minimum absolute atomic E-state index is 0.161. The summed E-state index contributed by atoms with van der Waals surface area (Å²) in [6.45, 7) is 7.14. The van der Waals surface area contributed by atoms with E-state index >= 15 is 0 Å². The molecule has 0 aliphatic heterocycles. The number of aromatic nitrogens is 3. The molecule has 2 aromatic rings. The van der Waals surface area contributed by atoms with Crippen molar-refractivity contribution in [2.24, 2.45) is 5.92 Å². The van der Waals surface area contributed by atoms with Crippen molar-refractivity contribution >= 4 is 27.8 Å². The number of H-pyrrole nitrogens is 1. The van der Waals surface area contributed by atoms with Crippen LogP contribution in [0.4, 0.5) is 5.82 Å². The second-order valence-electron chi connectivity index (χ2n) is 8.54. The summed E-state index contributed by atoms with van der Waals surface area (Å²) in [6, 6.07) is 2.97. The Morgan fingerprint density at radius 1 is 1.33 bits per heavy atom. The fourth-order valence-electron chi connectivity index (χ4n) is 4.64. The molecule has 0 amide bonds. The molecule has 2 unspecified atom stereocenters. The van der Waals surface area contributed by atoms with Crippen LogP contribution in [0.3, 0.4) is 0 Å². The van der Waals surface area contributed by atoms with Crippen LogP contribution in [-0.2, 0) is 15.7 Å². The summed E-state index contributed by atoms with van der Waals surface area (Å²) in [5.41, 5.74) is 0.869. The lowest BCUT2D eigenvalue weighted by molar-refractivity contribution is 0.122.